The fourth-order valence-electron chi connectivity index (χ4n) is 6.13. The number of ether oxygens (including phenoxy) is 2. The van der Waals surface area contributed by atoms with Gasteiger partial charge in [0.1, 0.15) is 6.61 Å². The highest BCUT2D eigenvalue weighted by Crippen LogP contribution is 2.17. The van der Waals surface area contributed by atoms with Crippen molar-refractivity contribution in [2.75, 3.05) is 13.2 Å². The molecule has 2 atom stereocenters. The Bertz CT molecular complexity index is 649. The molecule has 0 amide bonds. The summed E-state index contributed by atoms with van der Waals surface area (Å²) in [5.74, 6) is 1.16. The second-order valence-electron chi connectivity index (χ2n) is 14.8. The maximum absolute atomic E-state index is 12.2. The number of carbonyl (C=O) groups is 2. The Morgan fingerprint density at radius 1 is 0.500 bits per heavy atom. The van der Waals surface area contributed by atoms with Gasteiger partial charge in [0.25, 0.3) is 0 Å². The minimum absolute atomic E-state index is 0.0586. The molecule has 0 rings (SSSR count). The molecule has 0 aliphatic rings. The number of unbranched alkanes of at least 4 members (excludes halogenated alkanes) is 23. The van der Waals surface area contributed by atoms with Crippen LogP contribution in [-0.2, 0) is 19.1 Å². The third-order valence-corrected chi connectivity index (χ3v) is 9.62. The molecule has 0 fully saturated rings. The van der Waals surface area contributed by atoms with Crippen molar-refractivity contribution in [1.29, 1.82) is 0 Å². The summed E-state index contributed by atoms with van der Waals surface area (Å²) in [6, 6.07) is 0. The van der Waals surface area contributed by atoms with E-state index in [1.165, 1.54) is 141 Å². The van der Waals surface area contributed by atoms with Crippen molar-refractivity contribution in [3.8, 4) is 0 Å². The van der Waals surface area contributed by atoms with Crippen LogP contribution in [0.15, 0.2) is 0 Å². The van der Waals surface area contributed by atoms with E-state index in [1.807, 2.05) is 0 Å². The Balaban J connectivity index is 3.50. The van der Waals surface area contributed by atoms with Gasteiger partial charge in [-0.2, -0.15) is 0 Å². The molecular formula is C41H80O5. The molecule has 0 heterocycles. The molecule has 0 radical (unpaired) electrons. The predicted octanol–water partition coefficient (Wildman–Crippen LogP) is 12.4. The molecule has 1 N–H and O–H groups in total. The molecule has 0 saturated carbocycles. The highest BCUT2D eigenvalue weighted by Gasteiger charge is 2.16. The first-order valence-electron chi connectivity index (χ1n) is 20.3. The first-order valence-corrected chi connectivity index (χ1v) is 20.3. The van der Waals surface area contributed by atoms with Gasteiger partial charge in [0.15, 0.2) is 6.10 Å². The second-order valence-corrected chi connectivity index (χ2v) is 14.8. The molecule has 0 aromatic carbocycles. The third-order valence-electron chi connectivity index (χ3n) is 9.62. The SMILES string of the molecule is CCC(C)CCCCCCCCCCCCCCCCC(=O)O[C@@H](CO)COC(=O)CCCCCCCCCCCCCC(C)C. The number of hydrogen-bond acceptors (Lipinski definition) is 5. The van der Waals surface area contributed by atoms with Crippen LogP contribution in [0.5, 0.6) is 0 Å². The van der Waals surface area contributed by atoms with E-state index >= 15 is 0 Å². The van der Waals surface area contributed by atoms with Crippen molar-refractivity contribution in [3.63, 3.8) is 0 Å². The monoisotopic (exact) mass is 653 g/mol. The zero-order chi connectivity index (χ0) is 33.9. The van der Waals surface area contributed by atoms with Crippen LogP contribution in [0.3, 0.4) is 0 Å². The maximum Gasteiger partial charge on any atom is 0.306 e. The van der Waals surface area contributed by atoms with E-state index in [1.54, 1.807) is 0 Å². The molecule has 0 bridgehead atoms. The average molecular weight is 653 g/mol. The molecule has 0 aromatic rings. The van der Waals surface area contributed by atoms with Crippen LogP contribution < -0.4 is 0 Å². The first kappa shape index (κ1) is 44.9. The summed E-state index contributed by atoms with van der Waals surface area (Å²) in [5, 5.41) is 9.56. The van der Waals surface area contributed by atoms with E-state index in [9.17, 15) is 14.7 Å². The van der Waals surface area contributed by atoms with Crippen LogP contribution in [0.2, 0.25) is 0 Å². The Morgan fingerprint density at radius 3 is 1.22 bits per heavy atom. The summed E-state index contributed by atoms with van der Waals surface area (Å²) in [6.07, 6.45) is 35.9. The smallest absolute Gasteiger partial charge is 0.306 e. The van der Waals surface area contributed by atoms with Gasteiger partial charge < -0.3 is 14.6 Å². The standard InChI is InChI=1S/C41H80O5/c1-5-38(4)32-28-24-20-16-12-8-6-7-9-13-18-22-26-30-34-41(44)46-39(35-42)36-45-40(43)33-29-25-21-17-14-10-11-15-19-23-27-31-37(2)3/h37-39,42H,5-36H2,1-4H3/t38?,39-/m0/s1. The molecule has 274 valence electrons. The van der Waals surface area contributed by atoms with E-state index in [-0.39, 0.29) is 25.2 Å². The van der Waals surface area contributed by atoms with Crippen molar-refractivity contribution >= 4 is 11.9 Å². The van der Waals surface area contributed by atoms with Gasteiger partial charge in [-0.25, -0.2) is 0 Å². The Kier molecular flexibility index (Phi) is 34.4. The molecular weight excluding hydrogens is 572 g/mol. The Hall–Kier alpha value is -1.10. The zero-order valence-corrected chi connectivity index (χ0v) is 31.4. The highest BCUT2D eigenvalue weighted by atomic mass is 16.6. The number of aliphatic hydroxyl groups is 1. The Labute approximate surface area is 287 Å². The van der Waals surface area contributed by atoms with Crippen molar-refractivity contribution in [3.05, 3.63) is 0 Å². The average Bonchev–Trinajstić information content (AvgIpc) is 3.04. The van der Waals surface area contributed by atoms with E-state index in [4.69, 9.17) is 9.47 Å². The van der Waals surface area contributed by atoms with Crippen LogP contribution in [0.25, 0.3) is 0 Å². The number of esters is 2. The van der Waals surface area contributed by atoms with Crippen molar-refractivity contribution in [2.24, 2.45) is 11.8 Å². The molecule has 0 saturated heterocycles. The molecule has 0 aliphatic carbocycles. The number of carbonyl (C=O) groups excluding carboxylic acids is 2. The normalized spacial score (nSPS) is 12.8. The molecule has 0 aromatic heterocycles. The summed E-state index contributed by atoms with van der Waals surface area (Å²) < 4.78 is 10.6. The van der Waals surface area contributed by atoms with Gasteiger partial charge in [-0.1, -0.05) is 195 Å². The van der Waals surface area contributed by atoms with Gasteiger partial charge in [0.2, 0.25) is 0 Å². The summed E-state index contributed by atoms with van der Waals surface area (Å²) in [7, 11) is 0. The third kappa shape index (κ3) is 34.2. The molecule has 5 heteroatoms. The van der Waals surface area contributed by atoms with Gasteiger partial charge in [-0.3, -0.25) is 9.59 Å². The van der Waals surface area contributed by atoms with Gasteiger partial charge in [-0.05, 0) is 24.7 Å². The fraction of sp³-hybridized carbons (Fsp3) is 0.951. The summed E-state index contributed by atoms with van der Waals surface area (Å²) in [5.41, 5.74) is 0. The number of aliphatic hydroxyl groups excluding tert-OH is 1. The molecule has 46 heavy (non-hydrogen) atoms. The lowest BCUT2D eigenvalue weighted by molar-refractivity contribution is -0.161. The minimum atomic E-state index is -0.763. The van der Waals surface area contributed by atoms with Crippen LogP contribution in [0.4, 0.5) is 0 Å². The van der Waals surface area contributed by atoms with E-state index in [0.717, 1.165) is 50.4 Å². The van der Waals surface area contributed by atoms with Crippen molar-refractivity contribution in [1.82, 2.24) is 0 Å². The fourth-order valence-corrected chi connectivity index (χ4v) is 6.13. The van der Waals surface area contributed by atoms with Gasteiger partial charge in [-0.15, -0.1) is 0 Å². The largest absolute Gasteiger partial charge is 0.462 e. The summed E-state index contributed by atoms with van der Waals surface area (Å²) in [4.78, 5) is 24.3. The van der Waals surface area contributed by atoms with E-state index in [0.29, 0.717) is 12.8 Å². The topological polar surface area (TPSA) is 72.8 Å². The Morgan fingerprint density at radius 2 is 0.848 bits per heavy atom. The lowest BCUT2D eigenvalue weighted by Gasteiger charge is -2.15. The van der Waals surface area contributed by atoms with Gasteiger partial charge >= 0.3 is 11.9 Å². The summed E-state index contributed by atoms with van der Waals surface area (Å²) >= 11 is 0. The predicted molar refractivity (Wildman–Crippen MR) is 196 cm³/mol. The minimum Gasteiger partial charge on any atom is -0.462 e. The lowest BCUT2D eigenvalue weighted by Crippen LogP contribution is -2.28. The van der Waals surface area contributed by atoms with Crippen molar-refractivity contribution in [2.45, 2.75) is 226 Å². The lowest BCUT2D eigenvalue weighted by atomic mass is 9.99. The second kappa shape index (κ2) is 35.2. The molecule has 5 nitrogen and oxygen atoms in total. The van der Waals surface area contributed by atoms with Gasteiger partial charge in [0, 0.05) is 12.8 Å². The number of rotatable bonds is 36. The molecule has 0 aliphatic heterocycles. The molecule has 1 unspecified atom stereocenters. The maximum atomic E-state index is 12.2. The molecule has 0 spiro atoms. The van der Waals surface area contributed by atoms with Crippen molar-refractivity contribution < 1.29 is 24.2 Å². The quantitative estimate of drug-likeness (QED) is 0.0538. The first-order chi connectivity index (χ1) is 22.4. The zero-order valence-electron chi connectivity index (χ0n) is 31.4. The number of hydrogen-bond donors (Lipinski definition) is 1. The van der Waals surface area contributed by atoms with E-state index < -0.39 is 6.10 Å². The van der Waals surface area contributed by atoms with Crippen LogP contribution in [-0.4, -0.2) is 36.4 Å². The summed E-state index contributed by atoms with van der Waals surface area (Å²) in [6.45, 7) is 8.89. The van der Waals surface area contributed by atoms with Crippen LogP contribution in [0.1, 0.15) is 220 Å². The van der Waals surface area contributed by atoms with Crippen LogP contribution >= 0.6 is 0 Å². The van der Waals surface area contributed by atoms with Crippen LogP contribution in [0, 0.1) is 11.8 Å². The van der Waals surface area contributed by atoms with E-state index in [2.05, 4.69) is 27.7 Å². The van der Waals surface area contributed by atoms with Gasteiger partial charge in [0.05, 0.1) is 6.61 Å². The highest BCUT2D eigenvalue weighted by molar-refractivity contribution is 5.70.